The van der Waals surface area contributed by atoms with E-state index in [1.165, 1.54) is 5.69 Å². The summed E-state index contributed by atoms with van der Waals surface area (Å²) in [4.78, 5) is 15.3. The number of benzene rings is 1. The van der Waals surface area contributed by atoms with Crippen molar-refractivity contribution in [3.63, 3.8) is 0 Å². The molecule has 2 aliphatic rings. The van der Waals surface area contributed by atoms with Crippen LogP contribution in [0.3, 0.4) is 0 Å². The summed E-state index contributed by atoms with van der Waals surface area (Å²) < 4.78 is 14.8. The Morgan fingerprint density at radius 2 is 1.94 bits per heavy atom. The van der Waals surface area contributed by atoms with Gasteiger partial charge in [0.1, 0.15) is 5.82 Å². The number of amides is 1. The molecule has 1 atom stereocenters. The van der Waals surface area contributed by atoms with Crippen LogP contribution in [0, 0.1) is 13.8 Å². The zero-order valence-electron chi connectivity index (χ0n) is 19.3. The quantitative estimate of drug-likeness (QED) is 0.620. The summed E-state index contributed by atoms with van der Waals surface area (Å²) in [5.74, 6) is 1.78. The molecule has 1 N–H and O–H groups in total. The van der Waals surface area contributed by atoms with Crippen LogP contribution in [0.5, 0.6) is 11.5 Å². The van der Waals surface area contributed by atoms with Gasteiger partial charge in [-0.15, -0.1) is 0 Å². The molecule has 2 aliphatic heterocycles. The van der Waals surface area contributed by atoms with Crippen molar-refractivity contribution in [1.29, 1.82) is 0 Å². The largest absolute Gasteiger partial charge is 0.454 e. The smallest absolute Gasteiger partial charge is 0.256 e. The Bertz CT molecular complexity index is 1150. The molecule has 9 heteroatoms. The van der Waals surface area contributed by atoms with Gasteiger partial charge in [0.05, 0.1) is 24.5 Å². The van der Waals surface area contributed by atoms with Gasteiger partial charge < -0.3 is 14.8 Å². The zero-order chi connectivity index (χ0) is 22.9. The van der Waals surface area contributed by atoms with Crippen molar-refractivity contribution in [3.8, 4) is 11.5 Å². The Morgan fingerprint density at radius 1 is 1.15 bits per heavy atom. The third-order valence-corrected chi connectivity index (χ3v) is 6.56. The van der Waals surface area contributed by atoms with E-state index >= 15 is 0 Å². The van der Waals surface area contributed by atoms with Gasteiger partial charge in [-0.05, 0) is 57.9 Å². The number of carbonyl (C=O) groups is 1. The molecule has 9 nitrogen and oxygen atoms in total. The number of nitrogens with zero attached hydrogens (tertiary/aromatic N) is 5. The Morgan fingerprint density at radius 3 is 2.70 bits per heavy atom. The van der Waals surface area contributed by atoms with Gasteiger partial charge >= 0.3 is 0 Å². The Kier molecular flexibility index (Phi) is 5.80. The summed E-state index contributed by atoms with van der Waals surface area (Å²) in [6.07, 6.45) is 3.71. The SMILES string of the molecule is Cc1cc(C)n(CC(C)N2CCC(n3nccc3NC(=O)c3ccc4c(c3)OCO4)CC2)n1. The number of aromatic nitrogens is 4. The number of aryl methyl sites for hydroxylation is 2. The highest BCUT2D eigenvalue weighted by Crippen LogP contribution is 2.33. The van der Waals surface area contributed by atoms with Gasteiger partial charge in [0.15, 0.2) is 11.5 Å². The molecule has 0 spiro atoms. The van der Waals surface area contributed by atoms with Crippen molar-refractivity contribution >= 4 is 11.7 Å². The number of fused-ring (bicyclic) bond motifs is 1. The van der Waals surface area contributed by atoms with Crippen LogP contribution in [-0.2, 0) is 6.54 Å². The molecule has 174 valence electrons. The second-order valence-corrected chi connectivity index (χ2v) is 8.91. The van der Waals surface area contributed by atoms with E-state index in [0.717, 1.165) is 38.2 Å². The number of likely N-dealkylation sites (tertiary alicyclic amines) is 1. The molecule has 0 radical (unpaired) electrons. The maximum atomic E-state index is 12.8. The van der Waals surface area contributed by atoms with E-state index in [1.54, 1.807) is 24.4 Å². The van der Waals surface area contributed by atoms with Gasteiger partial charge in [-0.25, -0.2) is 4.68 Å². The highest BCUT2D eigenvalue weighted by molar-refractivity contribution is 6.04. The molecule has 0 aliphatic carbocycles. The molecule has 3 aromatic rings. The number of hydrogen-bond acceptors (Lipinski definition) is 6. The molecule has 2 aromatic heterocycles. The average Bonchev–Trinajstić information content (AvgIpc) is 3.53. The molecular formula is C24H30N6O3. The average molecular weight is 451 g/mol. The normalized spacial score (nSPS) is 17.3. The van der Waals surface area contributed by atoms with Crippen LogP contribution in [0.1, 0.15) is 47.6 Å². The van der Waals surface area contributed by atoms with E-state index in [0.29, 0.717) is 28.9 Å². The second-order valence-electron chi connectivity index (χ2n) is 8.91. The van der Waals surface area contributed by atoms with Gasteiger partial charge in [-0.1, -0.05) is 0 Å². The van der Waals surface area contributed by atoms with Crippen molar-refractivity contribution in [1.82, 2.24) is 24.5 Å². The Hall–Kier alpha value is -3.33. The molecule has 0 bridgehead atoms. The van der Waals surface area contributed by atoms with E-state index in [-0.39, 0.29) is 18.7 Å². The summed E-state index contributed by atoms with van der Waals surface area (Å²) in [7, 11) is 0. The number of ether oxygens (including phenoxy) is 2. The molecule has 1 saturated heterocycles. The predicted octanol–water partition coefficient (Wildman–Crippen LogP) is 3.40. The molecule has 1 unspecified atom stereocenters. The van der Waals surface area contributed by atoms with Crippen LogP contribution >= 0.6 is 0 Å². The summed E-state index contributed by atoms with van der Waals surface area (Å²) >= 11 is 0. The van der Waals surface area contributed by atoms with Crippen molar-refractivity contribution in [2.45, 2.75) is 52.2 Å². The first-order valence-corrected chi connectivity index (χ1v) is 11.5. The first-order chi connectivity index (χ1) is 16.0. The van der Waals surface area contributed by atoms with Crippen LogP contribution in [0.4, 0.5) is 5.82 Å². The molecule has 0 saturated carbocycles. The number of hydrogen-bond donors (Lipinski definition) is 1. The fourth-order valence-corrected chi connectivity index (χ4v) is 4.73. The lowest BCUT2D eigenvalue weighted by molar-refractivity contribution is 0.102. The topological polar surface area (TPSA) is 86.4 Å². The van der Waals surface area contributed by atoms with E-state index in [1.807, 2.05) is 17.7 Å². The molecule has 33 heavy (non-hydrogen) atoms. The van der Waals surface area contributed by atoms with E-state index in [9.17, 15) is 4.79 Å². The number of rotatable bonds is 6. The van der Waals surface area contributed by atoms with Gasteiger partial charge in [0.2, 0.25) is 6.79 Å². The van der Waals surface area contributed by atoms with Crippen molar-refractivity contribution < 1.29 is 14.3 Å². The van der Waals surface area contributed by atoms with E-state index in [4.69, 9.17) is 9.47 Å². The van der Waals surface area contributed by atoms with Gasteiger partial charge in [-0.3, -0.25) is 14.4 Å². The van der Waals surface area contributed by atoms with Crippen LogP contribution in [0.25, 0.3) is 0 Å². The summed E-state index contributed by atoms with van der Waals surface area (Å²) in [5.41, 5.74) is 2.79. The molecule has 5 rings (SSSR count). The van der Waals surface area contributed by atoms with Crippen molar-refractivity contribution in [3.05, 3.63) is 53.5 Å². The van der Waals surface area contributed by atoms with Gasteiger partial charge in [0.25, 0.3) is 5.91 Å². The predicted molar refractivity (Wildman–Crippen MR) is 124 cm³/mol. The standard InChI is InChI=1S/C24H30N6O3/c1-16-12-17(2)29(27-16)14-18(3)28-10-7-20(8-11-28)30-23(6-9-25-30)26-24(31)19-4-5-21-22(13-19)33-15-32-21/h4-6,9,12-13,18,20H,7-8,10-11,14-15H2,1-3H3,(H,26,31). The lowest BCUT2D eigenvalue weighted by Crippen LogP contribution is -2.42. The monoisotopic (exact) mass is 450 g/mol. The number of anilines is 1. The number of nitrogens with one attached hydrogen (secondary N) is 1. The summed E-state index contributed by atoms with van der Waals surface area (Å²) in [6.45, 7) is 9.46. The van der Waals surface area contributed by atoms with Crippen LogP contribution in [0.15, 0.2) is 36.5 Å². The highest BCUT2D eigenvalue weighted by atomic mass is 16.7. The third-order valence-electron chi connectivity index (χ3n) is 6.56. The minimum Gasteiger partial charge on any atom is -0.454 e. The second kappa shape index (κ2) is 8.90. The summed E-state index contributed by atoms with van der Waals surface area (Å²) in [6, 6.07) is 9.85. The fraction of sp³-hybridized carbons (Fsp3) is 0.458. The van der Waals surface area contributed by atoms with E-state index < -0.39 is 0 Å². The molecular weight excluding hydrogens is 420 g/mol. The molecule has 1 amide bonds. The Balaban J connectivity index is 1.19. The van der Waals surface area contributed by atoms with Gasteiger partial charge in [-0.2, -0.15) is 10.2 Å². The number of carbonyl (C=O) groups excluding carboxylic acids is 1. The minimum atomic E-state index is -0.189. The zero-order valence-corrected chi connectivity index (χ0v) is 19.3. The van der Waals surface area contributed by atoms with E-state index in [2.05, 4.69) is 45.0 Å². The fourth-order valence-electron chi connectivity index (χ4n) is 4.73. The minimum absolute atomic E-state index is 0.186. The van der Waals surface area contributed by atoms with Crippen molar-refractivity contribution in [2.75, 3.05) is 25.2 Å². The summed E-state index contributed by atoms with van der Waals surface area (Å²) in [5, 5.41) is 12.1. The molecule has 1 fully saturated rings. The van der Waals surface area contributed by atoms with Crippen LogP contribution in [0.2, 0.25) is 0 Å². The highest BCUT2D eigenvalue weighted by Gasteiger charge is 2.26. The maximum Gasteiger partial charge on any atom is 0.256 e. The number of piperidine rings is 1. The first-order valence-electron chi connectivity index (χ1n) is 11.5. The van der Waals surface area contributed by atoms with Crippen LogP contribution in [-0.4, -0.2) is 56.3 Å². The third kappa shape index (κ3) is 4.45. The first kappa shape index (κ1) is 21.5. The van der Waals surface area contributed by atoms with Crippen LogP contribution < -0.4 is 14.8 Å². The lowest BCUT2D eigenvalue weighted by Gasteiger charge is -2.36. The van der Waals surface area contributed by atoms with Gasteiger partial charge in [0, 0.05) is 36.5 Å². The maximum absolute atomic E-state index is 12.8. The Labute approximate surface area is 193 Å². The van der Waals surface area contributed by atoms with Crippen molar-refractivity contribution in [2.24, 2.45) is 0 Å². The molecule has 4 heterocycles. The molecule has 1 aromatic carbocycles. The lowest BCUT2D eigenvalue weighted by atomic mass is 10.0.